The highest BCUT2D eigenvalue weighted by atomic mass is 16.5. The summed E-state index contributed by atoms with van der Waals surface area (Å²) in [7, 11) is 0. The van der Waals surface area contributed by atoms with Crippen molar-refractivity contribution >= 4 is 11.4 Å². The first-order valence-corrected chi connectivity index (χ1v) is 13.1. The summed E-state index contributed by atoms with van der Waals surface area (Å²) in [6, 6.07) is 40.7. The van der Waals surface area contributed by atoms with E-state index in [4.69, 9.17) is 19.3 Å². The molecule has 6 heteroatoms. The molecule has 0 saturated heterocycles. The van der Waals surface area contributed by atoms with Gasteiger partial charge >= 0.3 is 0 Å². The Bertz CT molecular complexity index is 1440. The zero-order valence-electron chi connectivity index (χ0n) is 22.0. The van der Waals surface area contributed by atoms with E-state index in [1.165, 1.54) is 0 Å². The lowest BCUT2D eigenvalue weighted by molar-refractivity contribution is 0.281. The molecule has 0 amide bonds. The molecule has 0 fully saturated rings. The van der Waals surface area contributed by atoms with Crippen LogP contribution in [0.25, 0.3) is 0 Å². The lowest BCUT2D eigenvalue weighted by Crippen LogP contribution is -2.01. The van der Waals surface area contributed by atoms with Gasteiger partial charge in [0.15, 0.2) is 0 Å². The number of hydrogen-bond acceptors (Lipinski definition) is 6. The zero-order chi connectivity index (χ0) is 27.4. The molecule has 0 atom stereocenters. The number of aliphatic hydroxyl groups excluding tert-OH is 1. The molecular formula is C34H30N2O4. The second-order valence-electron chi connectivity index (χ2n) is 9.17. The van der Waals surface area contributed by atoms with Crippen LogP contribution in [0.1, 0.15) is 22.3 Å². The molecule has 1 N–H and O–H groups in total. The summed E-state index contributed by atoms with van der Waals surface area (Å²) in [4.78, 5) is 0. The molecule has 0 unspecified atom stereocenters. The first-order chi connectivity index (χ1) is 19.7. The second-order valence-corrected chi connectivity index (χ2v) is 9.17. The van der Waals surface area contributed by atoms with Crippen molar-refractivity contribution in [3.8, 4) is 17.2 Å². The SMILES string of the molecule is OCc1ccc(N=Nc2ccc(OCc3cc(OCc4ccccc4)cc(OCc4ccccc4)c3)cc2)cc1. The molecule has 0 aliphatic heterocycles. The summed E-state index contributed by atoms with van der Waals surface area (Å²) < 4.78 is 18.3. The van der Waals surface area contributed by atoms with Crippen LogP contribution in [0.15, 0.2) is 138 Å². The molecule has 5 aromatic carbocycles. The van der Waals surface area contributed by atoms with Crippen LogP contribution in [0.5, 0.6) is 17.2 Å². The zero-order valence-corrected chi connectivity index (χ0v) is 22.0. The van der Waals surface area contributed by atoms with E-state index in [0.29, 0.717) is 31.3 Å². The van der Waals surface area contributed by atoms with Crippen molar-refractivity contribution in [1.82, 2.24) is 0 Å². The van der Waals surface area contributed by atoms with Crippen molar-refractivity contribution in [3.05, 3.63) is 150 Å². The summed E-state index contributed by atoms with van der Waals surface area (Å²) >= 11 is 0. The lowest BCUT2D eigenvalue weighted by atomic mass is 10.2. The molecule has 0 aromatic heterocycles. The Morgan fingerprint density at radius 2 is 0.875 bits per heavy atom. The molecule has 0 aliphatic rings. The van der Waals surface area contributed by atoms with Crippen LogP contribution in [0, 0.1) is 0 Å². The predicted molar refractivity (Wildman–Crippen MR) is 155 cm³/mol. The van der Waals surface area contributed by atoms with E-state index < -0.39 is 0 Å². The van der Waals surface area contributed by atoms with Crippen molar-refractivity contribution in [2.24, 2.45) is 10.2 Å². The number of ether oxygens (including phenoxy) is 3. The van der Waals surface area contributed by atoms with E-state index in [0.717, 1.165) is 39.4 Å². The van der Waals surface area contributed by atoms with Gasteiger partial charge in [-0.3, -0.25) is 0 Å². The Hall–Kier alpha value is -4.94. The Morgan fingerprint density at radius 1 is 0.425 bits per heavy atom. The average Bonchev–Trinajstić information content (AvgIpc) is 3.02. The normalized spacial score (nSPS) is 10.9. The topological polar surface area (TPSA) is 72.6 Å². The molecule has 6 nitrogen and oxygen atoms in total. The van der Waals surface area contributed by atoms with E-state index in [-0.39, 0.29) is 6.61 Å². The smallest absolute Gasteiger partial charge is 0.123 e. The maximum absolute atomic E-state index is 9.16. The minimum Gasteiger partial charge on any atom is -0.489 e. The number of nitrogens with zero attached hydrogens (tertiary/aromatic N) is 2. The molecular weight excluding hydrogens is 500 g/mol. The van der Waals surface area contributed by atoms with Crippen LogP contribution < -0.4 is 14.2 Å². The molecule has 5 aromatic rings. The van der Waals surface area contributed by atoms with Gasteiger partial charge < -0.3 is 19.3 Å². The standard InChI is InChI=1S/C34H30N2O4/c37-22-26-11-13-30(14-12-26)35-36-31-15-17-32(18-16-31)38-25-29-19-33(39-23-27-7-3-1-4-8-27)21-34(20-29)40-24-28-9-5-2-6-10-28/h1-21,37H,22-25H2. The highest BCUT2D eigenvalue weighted by Gasteiger charge is 2.07. The first-order valence-electron chi connectivity index (χ1n) is 13.1. The number of benzene rings is 5. The fraction of sp³-hybridized carbons (Fsp3) is 0.118. The Morgan fingerprint density at radius 3 is 1.38 bits per heavy atom. The number of aliphatic hydroxyl groups is 1. The maximum Gasteiger partial charge on any atom is 0.123 e. The minimum atomic E-state index is 0.00587. The third-order valence-corrected chi connectivity index (χ3v) is 6.08. The summed E-state index contributed by atoms with van der Waals surface area (Å²) in [5.41, 5.74) is 5.39. The van der Waals surface area contributed by atoms with Crippen LogP contribution in [-0.4, -0.2) is 5.11 Å². The molecule has 200 valence electrons. The molecule has 5 rings (SSSR count). The van der Waals surface area contributed by atoms with Gasteiger partial charge in [0.2, 0.25) is 0 Å². The van der Waals surface area contributed by atoms with Crippen LogP contribution in [0.2, 0.25) is 0 Å². The molecule has 0 aliphatic carbocycles. The molecule has 40 heavy (non-hydrogen) atoms. The fourth-order valence-electron chi connectivity index (χ4n) is 3.92. The van der Waals surface area contributed by atoms with Gasteiger partial charge in [-0.2, -0.15) is 10.2 Å². The maximum atomic E-state index is 9.16. The van der Waals surface area contributed by atoms with Gasteiger partial charge in [0.1, 0.15) is 37.1 Å². The van der Waals surface area contributed by atoms with Gasteiger partial charge in [0.25, 0.3) is 0 Å². The van der Waals surface area contributed by atoms with Crippen molar-refractivity contribution in [1.29, 1.82) is 0 Å². The predicted octanol–water partition coefficient (Wildman–Crippen LogP) is 8.33. The van der Waals surface area contributed by atoms with Crippen LogP contribution >= 0.6 is 0 Å². The Labute approximate surface area is 234 Å². The van der Waals surface area contributed by atoms with Crippen LogP contribution in [0.3, 0.4) is 0 Å². The molecule has 0 bridgehead atoms. The number of rotatable bonds is 12. The first kappa shape index (κ1) is 26.7. The molecule has 0 heterocycles. The van der Waals surface area contributed by atoms with Crippen LogP contribution in [0.4, 0.5) is 11.4 Å². The molecule has 0 radical (unpaired) electrons. The third kappa shape index (κ3) is 8.03. The van der Waals surface area contributed by atoms with Gasteiger partial charge in [0.05, 0.1) is 18.0 Å². The summed E-state index contributed by atoms with van der Waals surface area (Å²) in [6.45, 7) is 1.28. The highest BCUT2D eigenvalue weighted by Crippen LogP contribution is 2.27. The fourth-order valence-corrected chi connectivity index (χ4v) is 3.92. The minimum absolute atomic E-state index is 0.00587. The van der Waals surface area contributed by atoms with Gasteiger partial charge in [0, 0.05) is 6.07 Å². The van der Waals surface area contributed by atoms with Gasteiger partial charge in [-0.25, -0.2) is 0 Å². The summed E-state index contributed by atoms with van der Waals surface area (Å²) in [6.07, 6.45) is 0. The molecule has 0 spiro atoms. The van der Waals surface area contributed by atoms with Crippen molar-refractivity contribution < 1.29 is 19.3 Å². The number of hydrogen-bond donors (Lipinski definition) is 1. The van der Waals surface area contributed by atoms with Crippen molar-refractivity contribution in [3.63, 3.8) is 0 Å². The van der Waals surface area contributed by atoms with Crippen molar-refractivity contribution in [2.75, 3.05) is 0 Å². The molecule has 0 saturated carbocycles. The quantitative estimate of drug-likeness (QED) is 0.165. The largest absolute Gasteiger partial charge is 0.489 e. The van der Waals surface area contributed by atoms with E-state index in [1.54, 1.807) is 0 Å². The van der Waals surface area contributed by atoms with E-state index in [9.17, 15) is 0 Å². The van der Waals surface area contributed by atoms with Crippen LogP contribution in [-0.2, 0) is 26.4 Å². The highest BCUT2D eigenvalue weighted by molar-refractivity contribution is 5.44. The van der Waals surface area contributed by atoms with Gasteiger partial charge in [-0.05, 0) is 70.8 Å². The van der Waals surface area contributed by atoms with Gasteiger partial charge in [-0.15, -0.1) is 0 Å². The average molecular weight is 531 g/mol. The van der Waals surface area contributed by atoms with E-state index >= 15 is 0 Å². The third-order valence-electron chi connectivity index (χ3n) is 6.08. The Balaban J connectivity index is 1.23. The second kappa shape index (κ2) is 13.7. The van der Waals surface area contributed by atoms with E-state index in [1.807, 2.05) is 127 Å². The van der Waals surface area contributed by atoms with Crippen molar-refractivity contribution in [2.45, 2.75) is 26.4 Å². The van der Waals surface area contributed by atoms with E-state index in [2.05, 4.69) is 10.2 Å². The van der Waals surface area contributed by atoms with Gasteiger partial charge in [-0.1, -0.05) is 72.8 Å². The lowest BCUT2D eigenvalue weighted by Gasteiger charge is -2.13. The monoisotopic (exact) mass is 530 g/mol. The number of azo groups is 1. The summed E-state index contributed by atoms with van der Waals surface area (Å²) in [5.74, 6) is 2.15. The summed E-state index contributed by atoms with van der Waals surface area (Å²) in [5, 5.41) is 17.7. The Kier molecular flexibility index (Phi) is 9.15.